The summed E-state index contributed by atoms with van der Waals surface area (Å²) in [6, 6.07) is 2.79. The van der Waals surface area contributed by atoms with Gasteiger partial charge in [-0.2, -0.15) is 5.26 Å². The fraction of sp³-hybridized carbons (Fsp3) is 0.308. The van der Waals surface area contributed by atoms with Gasteiger partial charge in [0.25, 0.3) is 0 Å². The maximum absolute atomic E-state index is 12.1. The predicted octanol–water partition coefficient (Wildman–Crippen LogP) is 1.19. The fourth-order valence-electron chi connectivity index (χ4n) is 1.92. The Morgan fingerprint density at radius 1 is 1.70 bits per heavy atom. The third kappa shape index (κ3) is 2.64. The van der Waals surface area contributed by atoms with Crippen molar-refractivity contribution >= 4 is 11.9 Å². The number of aliphatic imine (C=N–C) groups is 1. The minimum absolute atomic E-state index is 0.263. The number of carbonyl (C=O) groups is 1. The number of hydrogen-bond donors (Lipinski definition) is 2. The molecule has 1 aromatic rings. The molecule has 0 amide bonds. The molecule has 0 aliphatic carbocycles. The van der Waals surface area contributed by atoms with Gasteiger partial charge in [-0.3, -0.25) is 5.32 Å². The van der Waals surface area contributed by atoms with Crippen LogP contribution in [0.3, 0.4) is 0 Å². The molecule has 2 N–H and O–H groups in total. The van der Waals surface area contributed by atoms with Crippen LogP contribution in [0, 0.1) is 11.5 Å². The lowest BCUT2D eigenvalue weighted by Crippen LogP contribution is -2.39. The van der Waals surface area contributed by atoms with Gasteiger partial charge in [0, 0.05) is 5.70 Å². The number of ether oxygens (including phenoxy) is 1. The average molecular weight is 274 g/mol. The van der Waals surface area contributed by atoms with Gasteiger partial charge < -0.3 is 14.5 Å². The number of guanidine groups is 1. The van der Waals surface area contributed by atoms with E-state index in [1.807, 2.05) is 0 Å². The molecule has 0 spiro atoms. The van der Waals surface area contributed by atoms with Crippen molar-refractivity contribution in [3.63, 3.8) is 0 Å². The van der Waals surface area contributed by atoms with Crippen molar-refractivity contribution < 1.29 is 13.9 Å². The van der Waals surface area contributed by atoms with Crippen molar-refractivity contribution in [1.29, 1.82) is 5.26 Å². The molecule has 2 heterocycles. The summed E-state index contributed by atoms with van der Waals surface area (Å²) < 4.78 is 10.4. The first-order valence-electron chi connectivity index (χ1n) is 6.08. The van der Waals surface area contributed by atoms with Gasteiger partial charge in [0.2, 0.25) is 5.96 Å². The summed E-state index contributed by atoms with van der Waals surface area (Å²) >= 11 is 0. The summed E-state index contributed by atoms with van der Waals surface area (Å²) in [5.74, 6) is 0.309. The lowest BCUT2D eigenvalue weighted by atomic mass is 10.0. The number of nitrogens with zero attached hydrogens (tertiary/aromatic N) is 2. The highest BCUT2D eigenvalue weighted by molar-refractivity contribution is 5.95. The molecular formula is C13H14N4O3. The molecule has 0 saturated heterocycles. The summed E-state index contributed by atoms with van der Waals surface area (Å²) in [6.07, 6.45) is 3.28. The first kappa shape index (κ1) is 13.7. The second-order valence-electron chi connectivity index (χ2n) is 4.02. The van der Waals surface area contributed by atoms with Gasteiger partial charge in [0.1, 0.15) is 11.8 Å². The third-order valence-electron chi connectivity index (χ3n) is 2.72. The Morgan fingerprint density at radius 3 is 3.10 bits per heavy atom. The second kappa shape index (κ2) is 5.93. The average Bonchev–Trinajstić information content (AvgIpc) is 2.92. The Morgan fingerprint density at radius 2 is 2.50 bits per heavy atom. The van der Waals surface area contributed by atoms with Crippen molar-refractivity contribution in [2.75, 3.05) is 6.61 Å². The summed E-state index contributed by atoms with van der Waals surface area (Å²) in [7, 11) is 0. The number of allylic oxidation sites excluding steroid dienone is 1. The van der Waals surface area contributed by atoms with Gasteiger partial charge in [-0.25, -0.2) is 9.79 Å². The van der Waals surface area contributed by atoms with Gasteiger partial charge in [-0.15, -0.1) is 0 Å². The van der Waals surface area contributed by atoms with Crippen LogP contribution in [0.25, 0.3) is 0 Å². The Hall–Kier alpha value is -2.75. The first-order valence-corrected chi connectivity index (χ1v) is 6.08. The van der Waals surface area contributed by atoms with E-state index in [2.05, 4.69) is 15.6 Å². The standard InChI is InChI=1S/C13H14N4O3/c1-3-19-12(18)10-8(2)16-13(15-7-14)17-11(10)9-5-4-6-20-9/h4-6,11H,3H2,1-2H3,(H2,15,16,17)/t11-/m0/s1. The molecule has 1 aliphatic rings. The summed E-state index contributed by atoms with van der Waals surface area (Å²) in [6.45, 7) is 3.72. The lowest BCUT2D eigenvalue weighted by Gasteiger charge is -2.23. The molecule has 20 heavy (non-hydrogen) atoms. The first-order chi connectivity index (χ1) is 9.67. The van der Waals surface area contributed by atoms with Crippen LogP contribution in [0.5, 0.6) is 0 Å². The molecule has 0 radical (unpaired) electrons. The Labute approximate surface area is 115 Å². The van der Waals surface area contributed by atoms with Gasteiger partial charge >= 0.3 is 5.97 Å². The van der Waals surface area contributed by atoms with Crippen molar-refractivity contribution in [3.8, 4) is 6.19 Å². The monoisotopic (exact) mass is 274 g/mol. The Balaban J connectivity index is 2.40. The summed E-state index contributed by atoms with van der Waals surface area (Å²) in [5, 5.41) is 13.9. The van der Waals surface area contributed by atoms with E-state index in [9.17, 15) is 4.79 Å². The van der Waals surface area contributed by atoms with Crippen LogP contribution < -0.4 is 10.6 Å². The highest BCUT2D eigenvalue weighted by Gasteiger charge is 2.31. The summed E-state index contributed by atoms with van der Waals surface area (Å²) in [4.78, 5) is 16.3. The van der Waals surface area contributed by atoms with E-state index >= 15 is 0 Å². The molecule has 0 aromatic carbocycles. The largest absolute Gasteiger partial charge is 0.467 e. The maximum atomic E-state index is 12.1. The molecular weight excluding hydrogens is 260 g/mol. The van der Waals surface area contributed by atoms with Gasteiger partial charge in [-0.05, 0) is 26.0 Å². The number of hydrogen-bond acceptors (Lipinski definition) is 7. The molecule has 0 bridgehead atoms. The van der Waals surface area contributed by atoms with E-state index in [1.54, 1.807) is 32.2 Å². The lowest BCUT2D eigenvalue weighted by molar-refractivity contribution is -0.139. The van der Waals surface area contributed by atoms with E-state index in [-0.39, 0.29) is 12.6 Å². The van der Waals surface area contributed by atoms with Crippen LogP contribution in [0.4, 0.5) is 0 Å². The van der Waals surface area contributed by atoms with Crippen LogP contribution >= 0.6 is 0 Å². The molecule has 1 atom stereocenters. The molecule has 0 fully saturated rings. The van der Waals surface area contributed by atoms with E-state index in [0.29, 0.717) is 17.0 Å². The fourth-order valence-corrected chi connectivity index (χ4v) is 1.92. The van der Waals surface area contributed by atoms with Crippen LogP contribution in [0.1, 0.15) is 25.6 Å². The third-order valence-corrected chi connectivity index (χ3v) is 2.72. The number of carbonyl (C=O) groups excluding carboxylic acids is 1. The van der Waals surface area contributed by atoms with Crippen LogP contribution in [-0.4, -0.2) is 18.5 Å². The summed E-state index contributed by atoms with van der Waals surface area (Å²) in [5.41, 5.74) is 0.933. The zero-order chi connectivity index (χ0) is 14.5. The van der Waals surface area contributed by atoms with Crippen LogP contribution in [0.2, 0.25) is 0 Å². The van der Waals surface area contributed by atoms with E-state index in [1.165, 1.54) is 6.26 Å². The zero-order valence-electron chi connectivity index (χ0n) is 11.1. The maximum Gasteiger partial charge on any atom is 0.338 e. The molecule has 1 aliphatic heterocycles. The number of rotatable bonds is 3. The molecule has 0 unspecified atom stereocenters. The quantitative estimate of drug-likeness (QED) is 0.488. The number of esters is 1. The molecule has 0 saturated carbocycles. The highest BCUT2D eigenvalue weighted by atomic mass is 16.5. The van der Waals surface area contributed by atoms with Crippen molar-refractivity contribution in [3.05, 3.63) is 35.4 Å². The number of nitriles is 1. The van der Waals surface area contributed by atoms with Crippen LogP contribution in [-0.2, 0) is 9.53 Å². The van der Waals surface area contributed by atoms with Crippen molar-refractivity contribution in [1.82, 2.24) is 10.6 Å². The van der Waals surface area contributed by atoms with Gasteiger partial charge in [0.05, 0.1) is 18.4 Å². The SMILES string of the molecule is CCOC(=O)C1=C(C)NC(NC#N)=N[C@H]1c1ccco1. The van der Waals surface area contributed by atoms with Crippen molar-refractivity contribution in [2.45, 2.75) is 19.9 Å². The predicted molar refractivity (Wildman–Crippen MR) is 70.1 cm³/mol. The van der Waals surface area contributed by atoms with Crippen LogP contribution in [0.15, 0.2) is 39.1 Å². The van der Waals surface area contributed by atoms with Gasteiger partial charge in [-0.1, -0.05) is 0 Å². The van der Waals surface area contributed by atoms with Crippen molar-refractivity contribution in [2.24, 2.45) is 4.99 Å². The topological polar surface area (TPSA) is 99.7 Å². The molecule has 1 aromatic heterocycles. The van der Waals surface area contributed by atoms with E-state index < -0.39 is 12.0 Å². The Bertz CT molecular complexity index is 596. The smallest absolute Gasteiger partial charge is 0.338 e. The number of furan rings is 1. The molecule has 7 nitrogen and oxygen atoms in total. The minimum atomic E-state index is -0.638. The van der Waals surface area contributed by atoms with E-state index in [0.717, 1.165) is 0 Å². The second-order valence-corrected chi connectivity index (χ2v) is 4.02. The highest BCUT2D eigenvalue weighted by Crippen LogP contribution is 2.31. The molecule has 104 valence electrons. The Kier molecular flexibility index (Phi) is 4.05. The normalized spacial score (nSPS) is 17.9. The minimum Gasteiger partial charge on any atom is -0.467 e. The molecule has 7 heteroatoms. The number of nitrogens with one attached hydrogen (secondary N) is 2. The van der Waals surface area contributed by atoms with Gasteiger partial charge in [0.15, 0.2) is 6.19 Å². The molecule has 2 rings (SSSR count). The van der Waals surface area contributed by atoms with E-state index in [4.69, 9.17) is 14.4 Å². The zero-order valence-corrected chi connectivity index (χ0v) is 11.1.